The maximum absolute atomic E-state index is 15.3. The molecule has 0 saturated heterocycles. The van der Waals surface area contributed by atoms with E-state index in [4.69, 9.17) is 16.3 Å². The molecule has 1 unspecified atom stereocenters. The van der Waals surface area contributed by atoms with Crippen LogP contribution in [0.3, 0.4) is 0 Å². The van der Waals surface area contributed by atoms with Crippen molar-refractivity contribution >= 4 is 29.1 Å². The predicted molar refractivity (Wildman–Crippen MR) is 142 cm³/mol. The summed E-state index contributed by atoms with van der Waals surface area (Å²) in [5.41, 5.74) is -4.08. The Morgan fingerprint density at radius 3 is 2.27 bits per heavy atom. The zero-order valence-electron chi connectivity index (χ0n) is 22.6. The van der Waals surface area contributed by atoms with Crippen LogP contribution >= 0.6 is 11.6 Å². The van der Waals surface area contributed by atoms with Gasteiger partial charge in [0.1, 0.15) is 40.7 Å². The monoisotopic (exact) mass is 662 g/mol. The Labute approximate surface area is 252 Å². The highest BCUT2D eigenvalue weighted by Gasteiger charge is 2.65. The van der Waals surface area contributed by atoms with Crippen LogP contribution in [0.4, 0.5) is 40.9 Å². The number of alkyl halides is 6. The van der Waals surface area contributed by atoms with Crippen LogP contribution in [-0.4, -0.2) is 57.0 Å². The van der Waals surface area contributed by atoms with Crippen LogP contribution in [0.5, 0.6) is 5.75 Å². The fourth-order valence-corrected chi connectivity index (χ4v) is 4.45. The lowest BCUT2D eigenvalue weighted by atomic mass is 10.0. The molecule has 2 aromatic carbocycles. The van der Waals surface area contributed by atoms with Crippen molar-refractivity contribution in [3.05, 3.63) is 70.6 Å². The summed E-state index contributed by atoms with van der Waals surface area (Å²) >= 11 is 6.15. The Morgan fingerprint density at radius 2 is 1.69 bits per heavy atom. The second-order valence-electron chi connectivity index (χ2n) is 9.67. The molecule has 4 aromatic rings. The number of benzene rings is 2. The molecule has 0 spiro atoms. The largest absolute Gasteiger partial charge is 0.493 e. The van der Waals surface area contributed by atoms with E-state index in [-0.39, 0.29) is 42.2 Å². The summed E-state index contributed by atoms with van der Waals surface area (Å²) < 4.78 is 116. The molecule has 1 amide bonds. The van der Waals surface area contributed by atoms with Gasteiger partial charge in [0.05, 0.1) is 17.7 Å². The number of carbonyl (C=O) groups excluding carboxylic acids is 1. The smallest absolute Gasteiger partial charge is 0.442 e. The third kappa shape index (κ3) is 6.31. The molecular formula is C26H19ClF8N8O2. The van der Waals surface area contributed by atoms with E-state index in [0.717, 1.165) is 42.0 Å². The molecule has 5 rings (SSSR count). The van der Waals surface area contributed by atoms with Crippen molar-refractivity contribution in [3.63, 3.8) is 0 Å². The standard InChI is InChI=1S/C26H19ClF8N8O2/c1-12(25(30,31)32)39-21-19(20(27)40-23-37-11-38-43(21)23)18-16(28)9-15(10-17(18)29)45-8-2-7-36-22(44)13-3-5-14(6-4-13)24(41-42-24)26(33,34)35/h3-6,9-12,39H,2,7-8H2,1H3,(H,36,44). The molecule has 1 atom stereocenters. The zero-order valence-corrected chi connectivity index (χ0v) is 23.4. The maximum Gasteiger partial charge on any atom is 0.442 e. The van der Waals surface area contributed by atoms with Crippen molar-refractivity contribution < 1.29 is 44.7 Å². The SMILES string of the molecule is CC(Nc1c(-c2c(F)cc(OCCCNC(=O)c3ccc(C4(C(F)(F)F)N=N4)cc3)cc2F)c(Cl)nc2ncnn12)C(F)(F)F. The van der Waals surface area contributed by atoms with E-state index in [1.165, 1.54) is 12.1 Å². The number of aromatic nitrogens is 4. The molecule has 0 bridgehead atoms. The Balaban J connectivity index is 1.23. The topological polar surface area (TPSA) is 118 Å². The van der Waals surface area contributed by atoms with E-state index in [2.05, 4.69) is 35.9 Å². The number of carbonyl (C=O) groups is 1. The molecule has 0 radical (unpaired) electrons. The number of ether oxygens (including phenoxy) is 1. The zero-order chi connectivity index (χ0) is 32.7. The van der Waals surface area contributed by atoms with Gasteiger partial charge in [-0.1, -0.05) is 23.7 Å². The highest BCUT2D eigenvalue weighted by atomic mass is 35.5. The van der Waals surface area contributed by atoms with Gasteiger partial charge in [-0.3, -0.25) is 4.79 Å². The summed E-state index contributed by atoms with van der Waals surface area (Å²) in [5, 5.41) is 14.1. The molecular weight excluding hydrogens is 644 g/mol. The fourth-order valence-electron chi connectivity index (χ4n) is 4.19. The Hall–Kier alpha value is -4.61. The molecule has 3 heterocycles. The number of amides is 1. The van der Waals surface area contributed by atoms with Crippen LogP contribution in [0, 0.1) is 11.6 Å². The van der Waals surface area contributed by atoms with Crippen LogP contribution in [0.1, 0.15) is 29.3 Å². The van der Waals surface area contributed by atoms with Crippen molar-refractivity contribution in [3.8, 4) is 16.9 Å². The third-order valence-corrected chi connectivity index (χ3v) is 6.89. The van der Waals surface area contributed by atoms with Gasteiger partial charge >= 0.3 is 18.0 Å². The fraction of sp³-hybridized carbons (Fsp3) is 0.308. The average Bonchev–Trinajstić information content (AvgIpc) is 3.66. The maximum atomic E-state index is 15.3. The summed E-state index contributed by atoms with van der Waals surface area (Å²) in [5.74, 6) is -4.03. The van der Waals surface area contributed by atoms with Gasteiger partial charge in [0.2, 0.25) is 0 Å². The van der Waals surface area contributed by atoms with Crippen LogP contribution in [0.25, 0.3) is 16.9 Å². The van der Waals surface area contributed by atoms with Gasteiger partial charge in [0.15, 0.2) is 0 Å². The van der Waals surface area contributed by atoms with Gasteiger partial charge in [-0.15, -0.1) is 10.2 Å². The summed E-state index contributed by atoms with van der Waals surface area (Å²) in [6.07, 6.45) is -8.30. The number of hydrogen-bond acceptors (Lipinski definition) is 8. The van der Waals surface area contributed by atoms with E-state index in [1.807, 2.05) is 0 Å². The lowest BCUT2D eigenvalue weighted by Crippen LogP contribution is -2.34. The Bertz CT molecular complexity index is 1750. The quantitative estimate of drug-likeness (QED) is 0.114. The number of anilines is 1. The van der Waals surface area contributed by atoms with E-state index < -0.39 is 63.7 Å². The molecule has 19 heteroatoms. The van der Waals surface area contributed by atoms with Crippen molar-refractivity contribution in [1.82, 2.24) is 24.9 Å². The number of nitrogens with one attached hydrogen (secondary N) is 2. The highest BCUT2D eigenvalue weighted by Crippen LogP contribution is 2.52. The van der Waals surface area contributed by atoms with Gasteiger partial charge in [-0.25, -0.2) is 8.78 Å². The average molecular weight is 663 g/mol. The first-order valence-corrected chi connectivity index (χ1v) is 13.2. The highest BCUT2D eigenvalue weighted by molar-refractivity contribution is 6.33. The van der Waals surface area contributed by atoms with Crippen LogP contribution < -0.4 is 15.4 Å². The van der Waals surface area contributed by atoms with Crippen LogP contribution in [-0.2, 0) is 5.66 Å². The second kappa shape index (κ2) is 11.7. The molecule has 1 aliphatic heterocycles. The number of hydrogen-bond donors (Lipinski definition) is 2. The number of halogens is 9. The lowest BCUT2D eigenvalue weighted by molar-refractivity contribution is -0.166. The molecule has 10 nitrogen and oxygen atoms in total. The van der Waals surface area contributed by atoms with Gasteiger partial charge in [0, 0.05) is 29.8 Å². The van der Waals surface area contributed by atoms with E-state index >= 15 is 8.78 Å². The molecule has 45 heavy (non-hydrogen) atoms. The number of nitrogens with zero attached hydrogens (tertiary/aromatic N) is 6. The molecule has 238 valence electrons. The normalized spacial score (nSPS) is 14.8. The lowest BCUT2D eigenvalue weighted by Gasteiger charge is -2.21. The summed E-state index contributed by atoms with van der Waals surface area (Å²) in [6, 6.07) is 4.00. The van der Waals surface area contributed by atoms with Crippen LogP contribution in [0.15, 0.2) is 53.0 Å². The van der Waals surface area contributed by atoms with Gasteiger partial charge in [0.25, 0.3) is 11.7 Å². The minimum absolute atomic E-state index is 0.0341. The van der Waals surface area contributed by atoms with Gasteiger partial charge in [-0.05, 0) is 25.5 Å². The summed E-state index contributed by atoms with van der Waals surface area (Å²) in [7, 11) is 0. The van der Waals surface area contributed by atoms with Gasteiger partial charge < -0.3 is 15.4 Å². The summed E-state index contributed by atoms with van der Waals surface area (Å²) in [6.45, 7) is 0.696. The third-order valence-electron chi connectivity index (χ3n) is 6.61. The minimum Gasteiger partial charge on any atom is -0.493 e. The molecule has 2 N–H and O–H groups in total. The molecule has 0 saturated carbocycles. The number of fused-ring (bicyclic) bond motifs is 1. The first-order chi connectivity index (χ1) is 21.1. The van der Waals surface area contributed by atoms with Crippen molar-refractivity contribution in [2.45, 2.75) is 37.4 Å². The minimum atomic E-state index is -4.73. The first kappa shape index (κ1) is 31.8. The molecule has 1 aliphatic rings. The van der Waals surface area contributed by atoms with E-state index in [9.17, 15) is 31.1 Å². The van der Waals surface area contributed by atoms with Gasteiger partial charge in [-0.2, -0.15) is 45.9 Å². The predicted octanol–water partition coefficient (Wildman–Crippen LogP) is 6.47. The van der Waals surface area contributed by atoms with E-state index in [0.29, 0.717) is 0 Å². The summed E-state index contributed by atoms with van der Waals surface area (Å²) in [4.78, 5) is 20.0. The van der Waals surface area contributed by atoms with E-state index in [1.54, 1.807) is 0 Å². The second-order valence-corrected chi connectivity index (χ2v) is 10.0. The number of rotatable bonds is 10. The Kier molecular flexibility index (Phi) is 8.28. The molecule has 0 fully saturated rings. The first-order valence-electron chi connectivity index (χ1n) is 12.9. The Morgan fingerprint density at radius 1 is 1.04 bits per heavy atom. The van der Waals surface area contributed by atoms with Crippen LogP contribution in [0.2, 0.25) is 5.15 Å². The van der Waals surface area contributed by atoms with Crippen molar-refractivity contribution in [2.75, 3.05) is 18.5 Å². The van der Waals surface area contributed by atoms with Crippen molar-refractivity contribution in [1.29, 1.82) is 0 Å². The molecule has 0 aliphatic carbocycles. The van der Waals surface area contributed by atoms with Crippen molar-refractivity contribution in [2.24, 2.45) is 10.2 Å². The molecule has 2 aromatic heterocycles.